The maximum absolute atomic E-state index is 7.97. The van der Waals surface area contributed by atoms with E-state index in [4.69, 9.17) is 12.3 Å². The lowest BCUT2D eigenvalue weighted by Gasteiger charge is -2.07. The molecule has 0 saturated heterocycles. The molecule has 0 bridgehead atoms. The third-order valence-electron chi connectivity index (χ3n) is 0.899. The molecule has 3 heteroatoms. The Kier molecular flexibility index (Phi) is 0.668. The molecule has 0 aromatic carbocycles. The van der Waals surface area contributed by atoms with E-state index in [1.165, 1.54) is 0 Å². The van der Waals surface area contributed by atoms with E-state index in [0.717, 1.165) is 12.4 Å². The first kappa shape index (κ1) is 2.09. The van der Waals surface area contributed by atoms with Crippen LogP contribution in [0.5, 0.6) is 0 Å². The zero-order valence-corrected chi connectivity index (χ0v) is 6.51. The summed E-state index contributed by atoms with van der Waals surface area (Å²) in [4.78, 5) is 0. The summed E-state index contributed by atoms with van der Waals surface area (Å²) in [6, 6.07) is -3.07. The van der Waals surface area contributed by atoms with E-state index in [9.17, 15) is 0 Å². The molecule has 0 aliphatic heterocycles. The molecule has 1 aromatic rings. The Labute approximate surface area is 82.0 Å². The highest BCUT2D eigenvalue weighted by molar-refractivity contribution is 9.10. The monoisotopic (exact) mass is 211 g/mol. The van der Waals surface area contributed by atoms with Gasteiger partial charge in [-0.25, -0.2) is 0 Å². The zero-order valence-electron chi connectivity index (χ0n) is 13.9. The van der Waals surface area contributed by atoms with E-state index in [1.54, 1.807) is 0 Å². The smallest absolute Gasteiger partial charge is 0.0632 e. The van der Waals surface area contributed by atoms with Crippen LogP contribution in [0.25, 0.3) is 0 Å². The molecule has 56 valence electrons. The van der Waals surface area contributed by atoms with Crippen molar-refractivity contribution < 1.29 is 12.3 Å². The molecule has 1 rings (SSSR count). The van der Waals surface area contributed by atoms with Crippen molar-refractivity contribution >= 4 is 15.9 Å². The minimum absolute atomic E-state index is 0.315. The molecule has 0 amide bonds. The van der Waals surface area contributed by atoms with Crippen LogP contribution in [0.15, 0.2) is 16.9 Å². The highest BCUT2D eigenvalue weighted by atomic mass is 79.9. The van der Waals surface area contributed by atoms with Gasteiger partial charge >= 0.3 is 0 Å². The van der Waals surface area contributed by atoms with Gasteiger partial charge in [-0.15, -0.1) is 0 Å². The van der Waals surface area contributed by atoms with Crippen LogP contribution in [0.2, 0.25) is 0 Å². The largest absolute Gasteiger partial charge is 0.269 e. The standard InChI is InChI=1S/C7H11BrN2/c1-3-6(2)10-5-7(8)4-9-10/h4-6H,3H2,1-2H3/i1D3,2D3,3D2,6D. The zero-order chi connectivity index (χ0) is 15.3. The number of aromatic nitrogens is 2. The quantitative estimate of drug-likeness (QED) is 0.736. The molecule has 0 aliphatic rings. The molecule has 1 atom stereocenters. The molecule has 0 N–H and O–H groups in total. The third-order valence-corrected chi connectivity index (χ3v) is 1.31. The van der Waals surface area contributed by atoms with E-state index in [1.807, 2.05) is 0 Å². The van der Waals surface area contributed by atoms with E-state index in [-0.39, 0.29) is 0 Å². The molecule has 1 unspecified atom stereocenters. The van der Waals surface area contributed by atoms with Crippen molar-refractivity contribution in [2.45, 2.75) is 26.1 Å². The van der Waals surface area contributed by atoms with Crippen LogP contribution in [-0.2, 0) is 0 Å². The maximum atomic E-state index is 7.97. The fourth-order valence-corrected chi connectivity index (χ4v) is 0.766. The molecular formula is C7H11BrN2. The van der Waals surface area contributed by atoms with Crippen molar-refractivity contribution in [1.29, 1.82) is 0 Å². The lowest BCUT2D eigenvalue weighted by atomic mass is 10.3. The van der Waals surface area contributed by atoms with Gasteiger partial charge in [0, 0.05) is 23.2 Å². The van der Waals surface area contributed by atoms with Crippen molar-refractivity contribution in [3.63, 3.8) is 0 Å². The van der Waals surface area contributed by atoms with E-state index in [2.05, 4.69) is 21.0 Å². The Bertz CT molecular complexity index is 462. The van der Waals surface area contributed by atoms with Crippen LogP contribution in [-0.4, -0.2) is 9.78 Å². The third kappa shape index (κ3) is 1.59. The van der Waals surface area contributed by atoms with Gasteiger partial charge in [0.2, 0.25) is 0 Å². The second-order valence-electron chi connectivity index (χ2n) is 1.58. The summed E-state index contributed by atoms with van der Waals surface area (Å²) in [5.74, 6) is 0. The molecular weight excluding hydrogens is 192 g/mol. The van der Waals surface area contributed by atoms with Gasteiger partial charge in [0.05, 0.1) is 12.0 Å². The van der Waals surface area contributed by atoms with Crippen LogP contribution < -0.4 is 0 Å². The molecule has 0 aliphatic carbocycles. The fourth-order valence-electron chi connectivity index (χ4n) is 0.480. The van der Waals surface area contributed by atoms with Gasteiger partial charge in [-0.1, -0.05) is 6.85 Å². The van der Waals surface area contributed by atoms with Gasteiger partial charge in [-0.05, 0) is 29.2 Å². The van der Waals surface area contributed by atoms with Gasteiger partial charge in [0.1, 0.15) is 0 Å². The SMILES string of the molecule is [2H]C([2H])([2H])C([2H])([2H])C([2H])(n1cc(Br)cn1)C([2H])([2H])[2H]. The Morgan fingerprint density at radius 3 is 3.60 bits per heavy atom. The molecule has 0 radical (unpaired) electrons. The predicted octanol–water partition coefficient (Wildman–Crippen LogP) is 2.62. The maximum Gasteiger partial charge on any atom is 0.0632 e. The van der Waals surface area contributed by atoms with Gasteiger partial charge in [0.25, 0.3) is 0 Å². The summed E-state index contributed by atoms with van der Waals surface area (Å²) in [6.45, 7) is -6.52. The Balaban J connectivity index is 3.55. The first-order chi connectivity index (χ1) is 8.25. The first-order valence-corrected chi connectivity index (χ1v) is 3.25. The Morgan fingerprint density at radius 1 is 2.20 bits per heavy atom. The molecule has 0 spiro atoms. The van der Waals surface area contributed by atoms with Crippen molar-refractivity contribution in [1.82, 2.24) is 9.78 Å². The molecule has 10 heavy (non-hydrogen) atoms. The highest BCUT2D eigenvalue weighted by Gasteiger charge is 2.01. The summed E-state index contributed by atoms with van der Waals surface area (Å²) in [7, 11) is 0. The van der Waals surface area contributed by atoms with Gasteiger partial charge < -0.3 is 0 Å². The highest BCUT2D eigenvalue weighted by Crippen LogP contribution is 2.13. The number of rotatable bonds is 2. The number of hydrogen-bond acceptors (Lipinski definition) is 1. The summed E-state index contributed by atoms with van der Waals surface area (Å²) in [5, 5.41) is 3.57. The van der Waals surface area contributed by atoms with Gasteiger partial charge in [-0.3, -0.25) is 4.68 Å². The topological polar surface area (TPSA) is 17.8 Å². The van der Waals surface area contributed by atoms with Crippen LogP contribution in [0.3, 0.4) is 0 Å². The molecule has 1 aromatic heterocycles. The van der Waals surface area contributed by atoms with Gasteiger partial charge in [-0.2, -0.15) is 5.10 Å². The Hall–Kier alpha value is -0.310. The second kappa shape index (κ2) is 3.19. The fraction of sp³-hybridized carbons (Fsp3) is 0.571. The first-order valence-electron chi connectivity index (χ1n) is 6.96. The van der Waals surface area contributed by atoms with Crippen molar-refractivity contribution in [2.24, 2.45) is 0 Å². The van der Waals surface area contributed by atoms with Crippen LogP contribution >= 0.6 is 15.9 Å². The van der Waals surface area contributed by atoms with E-state index < -0.39 is 26.1 Å². The second-order valence-corrected chi connectivity index (χ2v) is 2.49. The summed E-state index contributed by atoms with van der Waals surface area (Å²) in [5.41, 5.74) is 0. The van der Waals surface area contributed by atoms with Crippen molar-refractivity contribution in [3.8, 4) is 0 Å². The van der Waals surface area contributed by atoms with Crippen molar-refractivity contribution in [3.05, 3.63) is 16.9 Å². The predicted molar refractivity (Wildman–Crippen MR) is 44.9 cm³/mol. The minimum Gasteiger partial charge on any atom is -0.269 e. The molecule has 2 nitrogen and oxygen atoms in total. The van der Waals surface area contributed by atoms with Crippen LogP contribution in [0.1, 0.15) is 38.4 Å². The normalized spacial score (nSPS) is 33.9. The molecule has 1 heterocycles. The minimum atomic E-state index is -3.32. The number of nitrogens with zero attached hydrogens (tertiary/aromatic N) is 2. The summed E-state index contributed by atoms with van der Waals surface area (Å²) in [6.07, 6.45) is -1.11. The van der Waals surface area contributed by atoms with E-state index in [0.29, 0.717) is 9.15 Å². The lowest BCUT2D eigenvalue weighted by molar-refractivity contribution is 0.478. The number of halogens is 1. The summed E-state index contributed by atoms with van der Waals surface area (Å²) < 4.78 is 67.6. The lowest BCUT2D eigenvalue weighted by Crippen LogP contribution is -2.03. The number of hydrogen-bond donors (Lipinski definition) is 0. The molecule has 0 fully saturated rings. The van der Waals surface area contributed by atoms with Gasteiger partial charge in [0.15, 0.2) is 0 Å². The van der Waals surface area contributed by atoms with Crippen molar-refractivity contribution in [2.75, 3.05) is 0 Å². The van der Waals surface area contributed by atoms with Crippen LogP contribution in [0, 0.1) is 0 Å². The van der Waals surface area contributed by atoms with Crippen LogP contribution in [0.4, 0.5) is 0 Å². The van der Waals surface area contributed by atoms with E-state index >= 15 is 0 Å². The Morgan fingerprint density at radius 2 is 3.10 bits per heavy atom. The average molecular weight is 212 g/mol. The molecule has 0 saturated carbocycles. The summed E-state index contributed by atoms with van der Waals surface area (Å²) >= 11 is 3.00. The average Bonchev–Trinajstić information content (AvgIpc) is 2.59.